The fourth-order valence-electron chi connectivity index (χ4n) is 3.38. The third kappa shape index (κ3) is 4.92. The molecule has 0 saturated heterocycles. The zero-order valence-electron chi connectivity index (χ0n) is 16.7. The van der Waals surface area contributed by atoms with Gasteiger partial charge in [0, 0.05) is 23.0 Å². The lowest BCUT2D eigenvalue weighted by Crippen LogP contribution is -2.05. The Balaban J connectivity index is 1.68. The van der Waals surface area contributed by atoms with E-state index < -0.39 is 0 Å². The molecule has 0 heterocycles. The maximum absolute atomic E-state index is 12.9. The van der Waals surface area contributed by atoms with E-state index in [1.807, 2.05) is 78.9 Å². The van der Waals surface area contributed by atoms with Gasteiger partial charge in [0.25, 0.3) is 0 Å². The number of hydrogen-bond donors (Lipinski definition) is 1. The Morgan fingerprint density at radius 2 is 1.17 bits per heavy atom. The van der Waals surface area contributed by atoms with E-state index in [9.17, 15) is 4.79 Å². The summed E-state index contributed by atoms with van der Waals surface area (Å²) in [4.78, 5) is 12.9. The van der Waals surface area contributed by atoms with E-state index in [1.54, 1.807) is 6.08 Å². The number of carbonyl (C=O) groups excluding carboxylic acids is 1. The van der Waals surface area contributed by atoms with Crippen molar-refractivity contribution in [3.63, 3.8) is 0 Å². The van der Waals surface area contributed by atoms with Crippen LogP contribution in [0.5, 0.6) is 0 Å². The van der Waals surface area contributed by atoms with Gasteiger partial charge in [0.05, 0.1) is 0 Å². The fourth-order valence-corrected chi connectivity index (χ4v) is 3.38. The minimum absolute atomic E-state index is 0.0255. The normalized spacial score (nSPS) is 11.1. The van der Waals surface area contributed by atoms with Gasteiger partial charge in [-0.15, -0.1) is 0 Å². The minimum Gasteiger partial charge on any atom is -0.355 e. The lowest BCUT2D eigenvalue weighted by atomic mass is 10.0. The number of benzene rings is 4. The number of para-hydroxylation sites is 1. The van der Waals surface area contributed by atoms with Gasteiger partial charge in [0.15, 0.2) is 5.78 Å². The van der Waals surface area contributed by atoms with Crippen molar-refractivity contribution in [1.29, 1.82) is 0 Å². The van der Waals surface area contributed by atoms with E-state index in [4.69, 9.17) is 0 Å². The first-order chi connectivity index (χ1) is 14.8. The Morgan fingerprint density at radius 1 is 0.633 bits per heavy atom. The Labute approximate surface area is 177 Å². The van der Waals surface area contributed by atoms with Gasteiger partial charge in [-0.25, -0.2) is 0 Å². The van der Waals surface area contributed by atoms with Crippen molar-refractivity contribution in [2.45, 2.75) is 6.42 Å². The molecule has 4 aromatic carbocycles. The standard InChI is InChI=1S/C28H23NO/c30-28(24-16-8-3-9-17-24)21-27(23-14-6-2-7-15-23)29-26-19-11-10-18-25(26)20-22-12-4-1-5-13-22/h1-19,21,29H,20H2/b27-21-. The molecule has 0 saturated carbocycles. The van der Waals surface area contributed by atoms with Crippen molar-refractivity contribution in [1.82, 2.24) is 0 Å². The molecule has 1 N–H and O–H groups in total. The van der Waals surface area contributed by atoms with Crippen molar-refractivity contribution in [2.24, 2.45) is 0 Å². The molecule has 0 amide bonds. The van der Waals surface area contributed by atoms with Crippen molar-refractivity contribution in [3.8, 4) is 0 Å². The summed E-state index contributed by atoms with van der Waals surface area (Å²) >= 11 is 0. The number of carbonyl (C=O) groups is 1. The quantitative estimate of drug-likeness (QED) is 0.284. The van der Waals surface area contributed by atoms with Gasteiger partial charge in [-0.1, -0.05) is 109 Å². The van der Waals surface area contributed by atoms with Gasteiger partial charge >= 0.3 is 0 Å². The van der Waals surface area contributed by atoms with Crippen LogP contribution in [-0.2, 0) is 6.42 Å². The molecule has 30 heavy (non-hydrogen) atoms. The summed E-state index contributed by atoms with van der Waals surface area (Å²) < 4.78 is 0. The summed E-state index contributed by atoms with van der Waals surface area (Å²) in [5, 5.41) is 3.53. The summed E-state index contributed by atoms with van der Waals surface area (Å²) in [6.45, 7) is 0. The van der Waals surface area contributed by atoms with Gasteiger partial charge in [0.2, 0.25) is 0 Å². The zero-order valence-corrected chi connectivity index (χ0v) is 16.7. The van der Waals surface area contributed by atoms with Gasteiger partial charge in [0.1, 0.15) is 0 Å². The SMILES string of the molecule is O=C(/C=C(\Nc1ccccc1Cc1ccccc1)c1ccccc1)c1ccccc1. The molecule has 4 rings (SSSR count). The number of rotatable bonds is 7. The Bertz CT molecular complexity index is 1130. The molecular weight excluding hydrogens is 366 g/mol. The zero-order chi connectivity index (χ0) is 20.6. The average molecular weight is 389 g/mol. The number of nitrogens with one attached hydrogen (secondary N) is 1. The first-order valence-electron chi connectivity index (χ1n) is 10.0. The summed E-state index contributed by atoms with van der Waals surface area (Å²) in [6.07, 6.45) is 2.50. The highest BCUT2D eigenvalue weighted by Gasteiger charge is 2.10. The fraction of sp³-hybridized carbons (Fsp3) is 0.0357. The molecule has 0 atom stereocenters. The molecule has 0 fully saturated rings. The third-order valence-corrected chi connectivity index (χ3v) is 4.94. The maximum atomic E-state index is 12.9. The lowest BCUT2D eigenvalue weighted by Gasteiger charge is -2.15. The topological polar surface area (TPSA) is 29.1 Å². The van der Waals surface area contributed by atoms with Crippen LogP contribution in [0.3, 0.4) is 0 Å². The van der Waals surface area contributed by atoms with Crippen LogP contribution >= 0.6 is 0 Å². The Hall–Kier alpha value is -3.91. The Morgan fingerprint density at radius 3 is 1.83 bits per heavy atom. The van der Waals surface area contributed by atoms with Gasteiger partial charge in [-0.3, -0.25) is 4.79 Å². The van der Waals surface area contributed by atoms with Crippen LogP contribution in [0.25, 0.3) is 5.70 Å². The van der Waals surface area contributed by atoms with Gasteiger partial charge in [-0.05, 0) is 29.2 Å². The molecule has 0 aliphatic heterocycles. The summed E-state index contributed by atoms with van der Waals surface area (Å²) in [5.41, 5.74) is 5.85. The number of allylic oxidation sites excluding steroid dienone is 1. The largest absolute Gasteiger partial charge is 0.355 e. The highest BCUT2D eigenvalue weighted by molar-refractivity contribution is 6.09. The predicted octanol–water partition coefficient (Wildman–Crippen LogP) is 6.61. The molecule has 0 bridgehead atoms. The monoisotopic (exact) mass is 389 g/mol. The van der Waals surface area contributed by atoms with Crippen LogP contribution in [0, 0.1) is 0 Å². The maximum Gasteiger partial charge on any atom is 0.187 e. The summed E-state index contributed by atoms with van der Waals surface area (Å²) in [6, 6.07) is 37.9. The molecule has 2 nitrogen and oxygen atoms in total. The Kier molecular flexibility index (Phi) is 6.16. The van der Waals surface area contributed by atoms with Crippen molar-refractivity contribution < 1.29 is 4.79 Å². The van der Waals surface area contributed by atoms with Crippen molar-refractivity contribution in [3.05, 3.63) is 144 Å². The lowest BCUT2D eigenvalue weighted by molar-refractivity contribution is 0.104. The third-order valence-electron chi connectivity index (χ3n) is 4.94. The number of ketones is 1. The van der Waals surface area contributed by atoms with E-state index >= 15 is 0 Å². The molecule has 0 aliphatic rings. The smallest absolute Gasteiger partial charge is 0.187 e. The van der Waals surface area contributed by atoms with Crippen molar-refractivity contribution in [2.75, 3.05) is 5.32 Å². The summed E-state index contributed by atoms with van der Waals surface area (Å²) in [7, 11) is 0. The molecule has 146 valence electrons. The predicted molar refractivity (Wildman–Crippen MR) is 125 cm³/mol. The van der Waals surface area contributed by atoms with Crippen molar-refractivity contribution >= 4 is 17.2 Å². The molecule has 0 unspecified atom stereocenters. The van der Waals surface area contributed by atoms with E-state index in [2.05, 4.69) is 41.7 Å². The molecule has 2 heteroatoms. The van der Waals surface area contributed by atoms with Crippen LogP contribution in [0.15, 0.2) is 121 Å². The van der Waals surface area contributed by atoms with E-state index in [-0.39, 0.29) is 5.78 Å². The van der Waals surface area contributed by atoms with Crippen LogP contribution in [0.4, 0.5) is 5.69 Å². The van der Waals surface area contributed by atoms with E-state index in [0.717, 1.165) is 23.4 Å². The first-order valence-corrected chi connectivity index (χ1v) is 10.0. The average Bonchev–Trinajstić information content (AvgIpc) is 2.81. The molecule has 0 radical (unpaired) electrons. The first kappa shape index (κ1) is 19.4. The molecule has 0 spiro atoms. The highest BCUT2D eigenvalue weighted by Crippen LogP contribution is 2.24. The van der Waals surface area contributed by atoms with Crippen LogP contribution in [0.2, 0.25) is 0 Å². The minimum atomic E-state index is -0.0255. The van der Waals surface area contributed by atoms with E-state index in [0.29, 0.717) is 5.56 Å². The second kappa shape index (κ2) is 9.53. The number of hydrogen-bond acceptors (Lipinski definition) is 2. The van der Waals surface area contributed by atoms with Crippen LogP contribution in [0.1, 0.15) is 27.0 Å². The second-order valence-corrected chi connectivity index (χ2v) is 7.10. The molecule has 0 aliphatic carbocycles. The van der Waals surface area contributed by atoms with Gasteiger partial charge < -0.3 is 5.32 Å². The van der Waals surface area contributed by atoms with Crippen LogP contribution in [-0.4, -0.2) is 5.78 Å². The molecule has 4 aromatic rings. The van der Waals surface area contributed by atoms with E-state index in [1.165, 1.54) is 11.1 Å². The number of anilines is 1. The highest BCUT2D eigenvalue weighted by atomic mass is 16.1. The van der Waals surface area contributed by atoms with Gasteiger partial charge in [-0.2, -0.15) is 0 Å². The van der Waals surface area contributed by atoms with Crippen LogP contribution < -0.4 is 5.32 Å². The second-order valence-electron chi connectivity index (χ2n) is 7.10. The summed E-state index contributed by atoms with van der Waals surface area (Å²) in [5.74, 6) is -0.0255. The molecular formula is C28H23NO. The molecule has 0 aromatic heterocycles.